The van der Waals surface area contributed by atoms with E-state index in [1.807, 2.05) is 6.20 Å². The maximum Gasteiger partial charge on any atom is 0.0707 e. The van der Waals surface area contributed by atoms with E-state index in [0.717, 1.165) is 12.1 Å². The van der Waals surface area contributed by atoms with Gasteiger partial charge in [0.1, 0.15) is 0 Å². The van der Waals surface area contributed by atoms with Gasteiger partial charge in [-0.3, -0.25) is 4.98 Å². The maximum atomic E-state index is 4.65. The summed E-state index contributed by atoms with van der Waals surface area (Å²) in [6, 6.07) is 8.76. The molecule has 1 heteroatoms. The van der Waals surface area contributed by atoms with Crippen molar-refractivity contribution in [3.05, 3.63) is 52.7 Å². The van der Waals surface area contributed by atoms with Crippen LogP contribution in [0.2, 0.25) is 0 Å². The molecule has 19 heavy (non-hydrogen) atoms. The Kier molecular flexibility index (Phi) is 4.04. The fourth-order valence-electron chi connectivity index (χ4n) is 2.49. The molecule has 0 saturated heterocycles. The van der Waals surface area contributed by atoms with E-state index >= 15 is 0 Å². The topological polar surface area (TPSA) is 12.9 Å². The largest absolute Gasteiger partial charge is 0.256 e. The highest BCUT2D eigenvalue weighted by Gasteiger charge is 2.07. The minimum atomic E-state index is 0.674. The van der Waals surface area contributed by atoms with E-state index < -0.39 is 0 Å². The maximum absolute atomic E-state index is 4.65. The van der Waals surface area contributed by atoms with Crippen LogP contribution in [0.1, 0.15) is 36.1 Å². The van der Waals surface area contributed by atoms with Crippen molar-refractivity contribution in [1.82, 2.24) is 4.98 Å². The predicted octanol–water partition coefficient (Wildman–Crippen LogP) is 4.87. The number of aromatic nitrogens is 1. The minimum Gasteiger partial charge on any atom is -0.256 e. The Morgan fingerprint density at radius 2 is 1.74 bits per heavy atom. The Balaban J connectivity index is 2.39. The van der Waals surface area contributed by atoms with E-state index in [-0.39, 0.29) is 0 Å². The molecule has 1 heterocycles. The van der Waals surface area contributed by atoms with Crippen LogP contribution in [-0.2, 0) is 6.42 Å². The van der Waals surface area contributed by atoms with E-state index in [2.05, 4.69) is 63.9 Å². The van der Waals surface area contributed by atoms with E-state index in [9.17, 15) is 0 Å². The molecule has 0 saturated carbocycles. The second-order valence-corrected chi connectivity index (χ2v) is 5.91. The van der Waals surface area contributed by atoms with Crippen molar-refractivity contribution in [2.45, 2.75) is 41.0 Å². The first-order valence-corrected chi connectivity index (χ1v) is 7.00. The third kappa shape index (κ3) is 3.23. The molecule has 0 aliphatic rings. The molecule has 0 radical (unpaired) electrons. The quantitative estimate of drug-likeness (QED) is 0.760. The minimum absolute atomic E-state index is 0.674. The van der Waals surface area contributed by atoms with Gasteiger partial charge in [0, 0.05) is 11.8 Å². The lowest BCUT2D eigenvalue weighted by Gasteiger charge is -2.11. The Bertz CT molecular complexity index is 582. The zero-order valence-electron chi connectivity index (χ0n) is 12.6. The standard InChI is InChI=1S/C18H23N/c1-12(2)8-16-11-19-18(10-14(16)4)17-7-6-13(3)9-15(17)5/h6-7,9-12H,8H2,1-5H3. The van der Waals surface area contributed by atoms with Crippen LogP contribution in [-0.4, -0.2) is 4.98 Å². The third-order valence-corrected chi connectivity index (χ3v) is 3.51. The monoisotopic (exact) mass is 253 g/mol. The van der Waals surface area contributed by atoms with E-state index in [0.29, 0.717) is 5.92 Å². The lowest BCUT2D eigenvalue weighted by Crippen LogP contribution is -1.99. The van der Waals surface area contributed by atoms with Crippen LogP contribution in [0.15, 0.2) is 30.5 Å². The van der Waals surface area contributed by atoms with Gasteiger partial charge in [0.2, 0.25) is 0 Å². The van der Waals surface area contributed by atoms with Crippen molar-refractivity contribution in [1.29, 1.82) is 0 Å². The molecule has 0 aliphatic carbocycles. The molecule has 0 spiro atoms. The number of benzene rings is 1. The fraction of sp³-hybridized carbons (Fsp3) is 0.389. The molecule has 0 fully saturated rings. The second kappa shape index (κ2) is 5.56. The summed E-state index contributed by atoms with van der Waals surface area (Å²) in [4.78, 5) is 4.65. The first-order valence-electron chi connectivity index (χ1n) is 7.00. The molecule has 0 bridgehead atoms. The molecule has 1 nitrogen and oxygen atoms in total. The molecule has 2 aromatic rings. The number of hydrogen-bond donors (Lipinski definition) is 0. The molecule has 0 N–H and O–H groups in total. The average molecular weight is 253 g/mol. The van der Waals surface area contributed by atoms with Gasteiger partial charge >= 0.3 is 0 Å². The molecular formula is C18H23N. The predicted molar refractivity (Wildman–Crippen MR) is 82.4 cm³/mol. The van der Waals surface area contributed by atoms with Gasteiger partial charge in [-0.05, 0) is 55.9 Å². The highest BCUT2D eigenvalue weighted by atomic mass is 14.7. The molecule has 1 aromatic carbocycles. The van der Waals surface area contributed by atoms with Crippen LogP contribution in [0.5, 0.6) is 0 Å². The molecule has 1 aromatic heterocycles. The summed E-state index contributed by atoms with van der Waals surface area (Å²) in [5.41, 5.74) is 7.63. The van der Waals surface area contributed by atoms with Crippen molar-refractivity contribution in [3.63, 3.8) is 0 Å². The van der Waals surface area contributed by atoms with Crippen LogP contribution in [0.3, 0.4) is 0 Å². The second-order valence-electron chi connectivity index (χ2n) is 5.91. The fourth-order valence-corrected chi connectivity index (χ4v) is 2.49. The van der Waals surface area contributed by atoms with Crippen LogP contribution < -0.4 is 0 Å². The van der Waals surface area contributed by atoms with Crippen molar-refractivity contribution in [2.75, 3.05) is 0 Å². The summed E-state index contributed by atoms with van der Waals surface area (Å²) >= 11 is 0. The molecule has 0 aliphatic heterocycles. The number of pyridine rings is 1. The summed E-state index contributed by atoms with van der Waals surface area (Å²) in [7, 11) is 0. The third-order valence-electron chi connectivity index (χ3n) is 3.51. The molecule has 0 unspecified atom stereocenters. The molecule has 2 rings (SSSR count). The van der Waals surface area contributed by atoms with Crippen LogP contribution in [0.25, 0.3) is 11.3 Å². The Labute approximate surface area is 116 Å². The molecule has 0 atom stereocenters. The average Bonchev–Trinajstić information content (AvgIpc) is 2.31. The number of aryl methyl sites for hydroxylation is 3. The Morgan fingerprint density at radius 1 is 1.00 bits per heavy atom. The Hall–Kier alpha value is -1.63. The summed E-state index contributed by atoms with van der Waals surface area (Å²) in [5.74, 6) is 0.674. The lowest BCUT2D eigenvalue weighted by atomic mass is 9.97. The van der Waals surface area contributed by atoms with Gasteiger partial charge in [0.05, 0.1) is 5.69 Å². The first kappa shape index (κ1) is 13.8. The first-order chi connectivity index (χ1) is 8.97. The highest BCUT2D eigenvalue weighted by molar-refractivity contribution is 5.64. The van der Waals surface area contributed by atoms with Crippen LogP contribution in [0.4, 0.5) is 0 Å². The molecular weight excluding hydrogens is 230 g/mol. The van der Waals surface area contributed by atoms with Gasteiger partial charge in [-0.2, -0.15) is 0 Å². The van der Waals surface area contributed by atoms with Crippen LogP contribution >= 0.6 is 0 Å². The van der Waals surface area contributed by atoms with Crippen molar-refractivity contribution in [2.24, 2.45) is 5.92 Å². The van der Waals surface area contributed by atoms with Crippen molar-refractivity contribution < 1.29 is 0 Å². The van der Waals surface area contributed by atoms with Gasteiger partial charge in [-0.25, -0.2) is 0 Å². The summed E-state index contributed by atoms with van der Waals surface area (Å²) in [5, 5.41) is 0. The normalized spacial score (nSPS) is 11.1. The van der Waals surface area contributed by atoms with Gasteiger partial charge in [-0.1, -0.05) is 37.6 Å². The summed E-state index contributed by atoms with van der Waals surface area (Å²) in [6.45, 7) is 11.0. The van der Waals surface area contributed by atoms with E-state index in [4.69, 9.17) is 0 Å². The van der Waals surface area contributed by atoms with Crippen molar-refractivity contribution >= 4 is 0 Å². The summed E-state index contributed by atoms with van der Waals surface area (Å²) in [6.07, 6.45) is 3.15. The lowest BCUT2D eigenvalue weighted by molar-refractivity contribution is 0.643. The SMILES string of the molecule is Cc1ccc(-c2cc(C)c(CC(C)C)cn2)c(C)c1. The number of nitrogens with zero attached hydrogens (tertiary/aromatic N) is 1. The smallest absolute Gasteiger partial charge is 0.0707 e. The van der Waals surface area contributed by atoms with Gasteiger partial charge in [0.15, 0.2) is 0 Å². The van der Waals surface area contributed by atoms with Crippen LogP contribution in [0, 0.1) is 26.7 Å². The van der Waals surface area contributed by atoms with E-state index in [1.165, 1.54) is 27.8 Å². The van der Waals surface area contributed by atoms with E-state index in [1.54, 1.807) is 0 Å². The van der Waals surface area contributed by atoms with Crippen molar-refractivity contribution in [3.8, 4) is 11.3 Å². The van der Waals surface area contributed by atoms with Gasteiger partial charge in [0.25, 0.3) is 0 Å². The molecule has 0 amide bonds. The van der Waals surface area contributed by atoms with Gasteiger partial charge in [-0.15, -0.1) is 0 Å². The van der Waals surface area contributed by atoms with Gasteiger partial charge < -0.3 is 0 Å². The zero-order valence-corrected chi connectivity index (χ0v) is 12.6. The zero-order chi connectivity index (χ0) is 14.0. The molecule has 100 valence electrons. The number of rotatable bonds is 3. The highest BCUT2D eigenvalue weighted by Crippen LogP contribution is 2.24. The summed E-state index contributed by atoms with van der Waals surface area (Å²) < 4.78 is 0. The Morgan fingerprint density at radius 3 is 2.32 bits per heavy atom. The number of hydrogen-bond acceptors (Lipinski definition) is 1.